The molecule has 1 aromatic heterocycles. The molecule has 10 nitrogen and oxygen atoms in total. The Morgan fingerprint density at radius 1 is 1.30 bits per heavy atom. The van der Waals surface area contributed by atoms with Crippen LogP contribution in [0.3, 0.4) is 0 Å². The van der Waals surface area contributed by atoms with E-state index in [0.717, 1.165) is 6.07 Å². The predicted molar refractivity (Wildman–Crippen MR) is 137 cm³/mol. The average Bonchev–Trinajstić information content (AvgIpc) is 3.31. The smallest absolute Gasteiger partial charge is 0.220 e. The van der Waals surface area contributed by atoms with Gasteiger partial charge in [-0.3, -0.25) is 14.8 Å². The summed E-state index contributed by atoms with van der Waals surface area (Å²) < 4.78 is 40.6. The number of hydrogen-bond acceptors (Lipinski definition) is 8. The summed E-state index contributed by atoms with van der Waals surface area (Å²) in [6.45, 7) is 2.17. The summed E-state index contributed by atoms with van der Waals surface area (Å²) in [4.78, 5) is 31.5. The van der Waals surface area contributed by atoms with Crippen molar-refractivity contribution >= 4 is 35.0 Å². The zero-order chi connectivity index (χ0) is 26.7. The van der Waals surface area contributed by atoms with Crippen LogP contribution in [0.4, 0.5) is 20.3 Å². The number of aliphatic imine (C=N–C) groups is 2. The van der Waals surface area contributed by atoms with Gasteiger partial charge in [0.25, 0.3) is 0 Å². The van der Waals surface area contributed by atoms with Crippen molar-refractivity contribution in [2.24, 2.45) is 21.6 Å². The number of ether oxygens (including phenoxy) is 2. The van der Waals surface area contributed by atoms with Gasteiger partial charge >= 0.3 is 0 Å². The number of amides is 1. The molecule has 3 N–H and O–H groups in total. The lowest BCUT2D eigenvalue weighted by Gasteiger charge is -2.36. The van der Waals surface area contributed by atoms with Gasteiger partial charge in [-0.05, 0) is 6.42 Å². The Labute approximate surface area is 213 Å². The highest BCUT2D eigenvalue weighted by atomic mass is 19.1. The number of benzene rings is 1. The van der Waals surface area contributed by atoms with Crippen LogP contribution in [0.1, 0.15) is 31.2 Å². The number of methoxy groups -OCH3 is 2. The van der Waals surface area contributed by atoms with Crippen LogP contribution in [0.2, 0.25) is 0 Å². The molecule has 1 saturated heterocycles. The van der Waals surface area contributed by atoms with Gasteiger partial charge in [-0.25, -0.2) is 18.8 Å². The minimum atomic E-state index is -0.951. The maximum absolute atomic E-state index is 15.2. The molecule has 0 saturated carbocycles. The summed E-state index contributed by atoms with van der Waals surface area (Å²) in [5.41, 5.74) is 6.96. The SMILES string of the molecule is CN=CC(=CN)c1cnc2c(n1)N(CC1CCC(=O)N1)C(=Nc1c(F)c(OC)cc(OC)c1F)C(C)C2. The number of carbonyl (C=O) groups is 1. The number of allylic oxidation sites excluding steroid dienone is 1. The Hall–Kier alpha value is -4.09. The molecule has 2 aromatic rings. The largest absolute Gasteiger partial charge is 0.493 e. The number of nitrogens with zero attached hydrogens (tertiary/aromatic N) is 5. The monoisotopic (exact) mass is 513 g/mol. The van der Waals surface area contributed by atoms with Crippen LogP contribution in [0.15, 0.2) is 28.4 Å². The van der Waals surface area contributed by atoms with Crippen molar-refractivity contribution in [3.8, 4) is 11.5 Å². The Kier molecular flexibility index (Phi) is 7.65. The number of anilines is 1. The Balaban J connectivity index is 1.89. The molecule has 2 unspecified atom stereocenters. The molecule has 2 atom stereocenters. The van der Waals surface area contributed by atoms with Gasteiger partial charge in [0.1, 0.15) is 11.5 Å². The molecule has 12 heteroatoms. The van der Waals surface area contributed by atoms with Crippen molar-refractivity contribution < 1.29 is 23.0 Å². The standard InChI is InChI=1S/C25H29F2N7O3/c1-13-7-16-25(32-17(11-30-16)14(9-28)10-29-2)34(12-15-5-6-20(35)31-15)24(13)33-23-21(26)18(36-3)8-19(37-4)22(23)27/h8-11,13,15H,5-7,12,28H2,1-4H3,(H,31,35). The van der Waals surface area contributed by atoms with Crippen LogP contribution < -0.4 is 25.4 Å². The molecule has 3 heterocycles. The normalized spacial score (nSPS) is 20.9. The zero-order valence-corrected chi connectivity index (χ0v) is 21.1. The van der Waals surface area contributed by atoms with Crippen molar-refractivity contribution in [3.05, 3.63) is 41.5 Å². The number of halogens is 2. The molecule has 0 bridgehead atoms. The third-order valence-electron chi connectivity index (χ3n) is 6.31. The second-order valence-corrected chi connectivity index (χ2v) is 8.78. The summed E-state index contributed by atoms with van der Waals surface area (Å²) >= 11 is 0. The first-order chi connectivity index (χ1) is 17.8. The van der Waals surface area contributed by atoms with E-state index < -0.39 is 17.3 Å². The fraction of sp³-hybridized carbons (Fsp3) is 0.400. The van der Waals surface area contributed by atoms with E-state index in [9.17, 15) is 4.79 Å². The fourth-order valence-electron chi connectivity index (χ4n) is 4.46. The van der Waals surface area contributed by atoms with Gasteiger partial charge in [0.2, 0.25) is 5.91 Å². The maximum Gasteiger partial charge on any atom is 0.220 e. The lowest BCUT2D eigenvalue weighted by atomic mass is 9.97. The van der Waals surface area contributed by atoms with E-state index in [4.69, 9.17) is 20.2 Å². The molecule has 0 radical (unpaired) electrons. The number of nitrogens with one attached hydrogen (secondary N) is 1. The molecule has 37 heavy (non-hydrogen) atoms. The van der Waals surface area contributed by atoms with Crippen LogP contribution in [-0.2, 0) is 11.2 Å². The number of hydrogen-bond donors (Lipinski definition) is 2. The van der Waals surface area contributed by atoms with Crippen LogP contribution in [0, 0.1) is 17.6 Å². The first-order valence-electron chi connectivity index (χ1n) is 11.8. The Morgan fingerprint density at radius 3 is 2.57 bits per heavy atom. The number of nitrogens with two attached hydrogens (primary N) is 1. The first-order valence-corrected chi connectivity index (χ1v) is 11.8. The van der Waals surface area contributed by atoms with E-state index in [2.05, 4.69) is 20.3 Å². The summed E-state index contributed by atoms with van der Waals surface area (Å²) in [5.74, 6) is -1.80. The average molecular weight is 514 g/mol. The molecule has 4 rings (SSSR count). The number of rotatable bonds is 7. The van der Waals surface area contributed by atoms with Crippen LogP contribution in [0.25, 0.3) is 5.57 Å². The third-order valence-corrected chi connectivity index (χ3v) is 6.31. The van der Waals surface area contributed by atoms with Gasteiger partial charge < -0.3 is 25.4 Å². The molecule has 0 spiro atoms. The Bertz CT molecular complexity index is 1270. The van der Waals surface area contributed by atoms with E-state index >= 15 is 8.78 Å². The lowest BCUT2D eigenvalue weighted by Crippen LogP contribution is -2.47. The highest BCUT2D eigenvalue weighted by Gasteiger charge is 2.35. The number of amidine groups is 1. The molecule has 1 aromatic carbocycles. The second kappa shape index (κ2) is 10.9. The molecule has 2 aliphatic rings. The van der Waals surface area contributed by atoms with E-state index in [0.29, 0.717) is 47.9 Å². The number of fused-ring (bicyclic) bond motifs is 1. The number of carbonyl (C=O) groups excluding carboxylic acids is 1. The van der Waals surface area contributed by atoms with E-state index in [1.807, 2.05) is 6.92 Å². The summed E-state index contributed by atoms with van der Waals surface area (Å²) in [5, 5.41) is 2.93. The fourth-order valence-corrected chi connectivity index (χ4v) is 4.46. The summed E-state index contributed by atoms with van der Waals surface area (Å²) in [6.07, 6.45) is 5.97. The van der Waals surface area contributed by atoms with Crippen molar-refractivity contribution in [1.29, 1.82) is 0 Å². The quantitative estimate of drug-likeness (QED) is 0.545. The van der Waals surface area contributed by atoms with Gasteiger partial charge in [-0.15, -0.1) is 0 Å². The molecule has 1 amide bonds. The van der Waals surface area contributed by atoms with Crippen LogP contribution >= 0.6 is 0 Å². The topological polar surface area (TPSA) is 127 Å². The highest BCUT2D eigenvalue weighted by molar-refractivity contribution is 6.09. The summed E-state index contributed by atoms with van der Waals surface area (Å²) in [6, 6.07) is 0.922. The molecule has 0 aliphatic carbocycles. The van der Waals surface area contributed by atoms with Gasteiger partial charge in [-0.1, -0.05) is 6.92 Å². The first kappa shape index (κ1) is 26.0. The van der Waals surface area contributed by atoms with Crippen molar-refractivity contribution in [2.75, 3.05) is 32.7 Å². The maximum atomic E-state index is 15.2. The van der Waals surface area contributed by atoms with Gasteiger partial charge in [-0.2, -0.15) is 0 Å². The minimum Gasteiger partial charge on any atom is -0.493 e. The van der Waals surface area contributed by atoms with Gasteiger partial charge in [0.05, 0.1) is 31.8 Å². The highest BCUT2D eigenvalue weighted by Crippen LogP contribution is 2.39. The van der Waals surface area contributed by atoms with Crippen molar-refractivity contribution in [3.63, 3.8) is 0 Å². The molecule has 2 aliphatic heterocycles. The van der Waals surface area contributed by atoms with Crippen LogP contribution in [0.5, 0.6) is 11.5 Å². The molecular formula is C25H29F2N7O3. The van der Waals surface area contributed by atoms with Crippen LogP contribution in [-0.4, -0.2) is 61.8 Å². The van der Waals surface area contributed by atoms with Crippen molar-refractivity contribution in [2.45, 2.75) is 32.2 Å². The second-order valence-electron chi connectivity index (χ2n) is 8.78. The van der Waals surface area contributed by atoms with Crippen molar-refractivity contribution in [1.82, 2.24) is 15.3 Å². The van der Waals surface area contributed by atoms with E-state index in [-0.39, 0.29) is 35.9 Å². The van der Waals surface area contributed by atoms with Gasteiger partial charge in [0.15, 0.2) is 29.0 Å². The molecule has 1 fully saturated rings. The predicted octanol–water partition coefficient (Wildman–Crippen LogP) is 2.78. The Morgan fingerprint density at radius 2 is 2.00 bits per heavy atom. The van der Waals surface area contributed by atoms with E-state index in [1.165, 1.54) is 20.4 Å². The molecular weight excluding hydrogens is 484 g/mol. The van der Waals surface area contributed by atoms with E-state index in [1.54, 1.807) is 24.4 Å². The minimum absolute atomic E-state index is 0.0595. The third kappa shape index (κ3) is 5.09. The number of aromatic nitrogens is 2. The van der Waals surface area contributed by atoms with Gasteiger partial charge in [0, 0.05) is 62.4 Å². The lowest BCUT2D eigenvalue weighted by molar-refractivity contribution is -0.119. The molecule has 196 valence electrons. The zero-order valence-electron chi connectivity index (χ0n) is 21.1. The summed E-state index contributed by atoms with van der Waals surface area (Å²) in [7, 11) is 4.17.